The van der Waals surface area contributed by atoms with Crippen LogP contribution in [0.1, 0.15) is 26.3 Å². The highest BCUT2D eigenvalue weighted by Gasteiger charge is 2.22. The SMILES string of the molecule is COc1cc(Cl)ccc1C(=O)c1ccnc(N)c1C(=O)Cl. The van der Waals surface area contributed by atoms with Gasteiger partial charge in [-0.1, -0.05) is 11.6 Å². The number of rotatable bonds is 4. The first-order valence-corrected chi connectivity index (χ1v) is 6.54. The van der Waals surface area contributed by atoms with Crippen LogP contribution in [0.3, 0.4) is 0 Å². The molecule has 2 rings (SSSR count). The molecule has 0 amide bonds. The van der Waals surface area contributed by atoms with Crippen molar-refractivity contribution in [2.75, 3.05) is 12.8 Å². The molecular weight excluding hydrogens is 315 g/mol. The number of carbonyl (C=O) groups is 2. The Kier molecular flexibility index (Phi) is 4.45. The number of ether oxygens (including phenoxy) is 1. The molecule has 0 bridgehead atoms. The Morgan fingerprint density at radius 1 is 1.24 bits per heavy atom. The molecule has 1 aromatic carbocycles. The van der Waals surface area contributed by atoms with Crippen molar-refractivity contribution < 1.29 is 14.3 Å². The molecule has 0 spiro atoms. The predicted octanol–water partition coefficient (Wildman–Crippen LogP) is 2.94. The lowest BCUT2D eigenvalue weighted by Crippen LogP contribution is -2.12. The molecular formula is C14H10Cl2N2O3. The fourth-order valence-corrected chi connectivity index (χ4v) is 2.23. The third-order valence-electron chi connectivity index (χ3n) is 2.83. The first-order valence-electron chi connectivity index (χ1n) is 5.78. The summed E-state index contributed by atoms with van der Waals surface area (Å²) in [4.78, 5) is 27.8. The highest BCUT2D eigenvalue weighted by Crippen LogP contribution is 2.28. The Bertz CT molecular complexity index is 732. The molecule has 0 fully saturated rings. The van der Waals surface area contributed by atoms with Crippen LogP contribution in [0, 0.1) is 0 Å². The van der Waals surface area contributed by atoms with Crippen LogP contribution in [0.5, 0.6) is 5.75 Å². The molecule has 1 aromatic heterocycles. The molecule has 1 heterocycles. The van der Waals surface area contributed by atoms with Crippen molar-refractivity contribution in [3.05, 3.63) is 52.2 Å². The Morgan fingerprint density at radius 2 is 1.95 bits per heavy atom. The van der Waals surface area contributed by atoms with E-state index in [1.165, 1.54) is 31.5 Å². The Morgan fingerprint density at radius 3 is 2.57 bits per heavy atom. The molecule has 5 nitrogen and oxygen atoms in total. The average Bonchev–Trinajstić information content (AvgIpc) is 2.45. The second-order valence-electron chi connectivity index (χ2n) is 4.07. The third kappa shape index (κ3) is 2.99. The molecule has 0 atom stereocenters. The van der Waals surface area contributed by atoms with E-state index in [1.807, 2.05) is 0 Å². The van der Waals surface area contributed by atoms with Crippen LogP contribution < -0.4 is 10.5 Å². The number of methoxy groups -OCH3 is 1. The number of halogens is 2. The largest absolute Gasteiger partial charge is 0.496 e. The summed E-state index contributed by atoms with van der Waals surface area (Å²) in [5, 5.41) is -0.428. The van der Waals surface area contributed by atoms with Gasteiger partial charge in [0.15, 0.2) is 5.78 Å². The second-order valence-corrected chi connectivity index (χ2v) is 4.85. The summed E-state index contributed by atoms with van der Waals surface area (Å²) in [5.74, 6) is -0.272. The van der Waals surface area contributed by atoms with Crippen LogP contribution in [0.2, 0.25) is 5.02 Å². The van der Waals surface area contributed by atoms with Crippen molar-refractivity contribution in [1.29, 1.82) is 0 Å². The van der Waals surface area contributed by atoms with E-state index in [1.54, 1.807) is 6.07 Å². The summed E-state index contributed by atoms with van der Waals surface area (Å²) in [6.07, 6.45) is 1.33. The zero-order valence-electron chi connectivity index (χ0n) is 10.9. The summed E-state index contributed by atoms with van der Waals surface area (Å²) in [6.45, 7) is 0. The zero-order valence-corrected chi connectivity index (χ0v) is 12.4. The highest BCUT2D eigenvalue weighted by molar-refractivity contribution is 6.68. The van der Waals surface area contributed by atoms with Gasteiger partial charge in [0.1, 0.15) is 11.6 Å². The fraction of sp³-hybridized carbons (Fsp3) is 0.0714. The number of benzene rings is 1. The minimum atomic E-state index is -0.850. The maximum atomic E-state index is 12.6. The topological polar surface area (TPSA) is 82.3 Å². The van der Waals surface area contributed by atoms with Crippen molar-refractivity contribution in [3.63, 3.8) is 0 Å². The van der Waals surface area contributed by atoms with Gasteiger partial charge in [-0.05, 0) is 35.9 Å². The molecule has 7 heteroatoms. The molecule has 0 radical (unpaired) electrons. The number of anilines is 1. The smallest absolute Gasteiger partial charge is 0.256 e. The van der Waals surface area contributed by atoms with Crippen LogP contribution in [0.25, 0.3) is 0 Å². The summed E-state index contributed by atoms with van der Waals surface area (Å²) < 4.78 is 5.13. The molecule has 0 saturated heterocycles. The van der Waals surface area contributed by atoms with Gasteiger partial charge in [0.2, 0.25) is 0 Å². The van der Waals surface area contributed by atoms with Crippen molar-refractivity contribution in [3.8, 4) is 5.75 Å². The number of pyridine rings is 1. The van der Waals surface area contributed by atoms with Gasteiger partial charge >= 0.3 is 0 Å². The van der Waals surface area contributed by atoms with Gasteiger partial charge < -0.3 is 10.5 Å². The van der Waals surface area contributed by atoms with Crippen LogP contribution in [0.15, 0.2) is 30.5 Å². The zero-order chi connectivity index (χ0) is 15.6. The van der Waals surface area contributed by atoms with Gasteiger partial charge in [-0.2, -0.15) is 0 Å². The van der Waals surface area contributed by atoms with Crippen molar-refractivity contribution >= 4 is 40.0 Å². The molecule has 0 aliphatic heterocycles. The van der Waals surface area contributed by atoms with E-state index in [4.69, 9.17) is 33.7 Å². The predicted molar refractivity (Wildman–Crippen MR) is 80.3 cm³/mol. The average molecular weight is 325 g/mol. The van der Waals surface area contributed by atoms with E-state index in [-0.39, 0.29) is 28.3 Å². The maximum absolute atomic E-state index is 12.6. The van der Waals surface area contributed by atoms with Gasteiger partial charge in [-0.3, -0.25) is 9.59 Å². The van der Waals surface area contributed by atoms with Gasteiger partial charge in [-0.15, -0.1) is 0 Å². The first kappa shape index (κ1) is 15.3. The lowest BCUT2D eigenvalue weighted by Gasteiger charge is -2.10. The second kappa shape index (κ2) is 6.11. The van der Waals surface area contributed by atoms with E-state index < -0.39 is 11.0 Å². The fourth-order valence-electron chi connectivity index (χ4n) is 1.87. The van der Waals surface area contributed by atoms with Gasteiger partial charge in [0.25, 0.3) is 5.24 Å². The molecule has 108 valence electrons. The number of hydrogen-bond donors (Lipinski definition) is 1. The van der Waals surface area contributed by atoms with Crippen molar-refractivity contribution in [1.82, 2.24) is 4.98 Å². The number of hydrogen-bond acceptors (Lipinski definition) is 5. The number of nitrogens with two attached hydrogens (primary N) is 1. The first-order chi connectivity index (χ1) is 9.95. The van der Waals surface area contributed by atoms with E-state index in [9.17, 15) is 9.59 Å². The molecule has 0 saturated carbocycles. The van der Waals surface area contributed by atoms with Crippen LogP contribution in [-0.2, 0) is 0 Å². The molecule has 2 aromatic rings. The molecule has 0 unspecified atom stereocenters. The summed E-state index contributed by atoms with van der Waals surface area (Å²) in [6, 6.07) is 5.93. The van der Waals surface area contributed by atoms with Crippen LogP contribution >= 0.6 is 23.2 Å². The number of aromatic nitrogens is 1. The monoisotopic (exact) mass is 324 g/mol. The quantitative estimate of drug-likeness (QED) is 0.690. The Balaban J connectivity index is 2.61. The normalized spacial score (nSPS) is 10.2. The number of carbonyl (C=O) groups excluding carboxylic acids is 2. The molecule has 0 aliphatic carbocycles. The van der Waals surface area contributed by atoms with Crippen LogP contribution in [0.4, 0.5) is 5.82 Å². The lowest BCUT2D eigenvalue weighted by molar-refractivity contribution is 0.102. The van der Waals surface area contributed by atoms with Crippen molar-refractivity contribution in [2.24, 2.45) is 0 Å². The minimum absolute atomic E-state index is 0.0584. The lowest BCUT2D eigenvalue weighted by atomic mass is 9.99. The molecule has 21 heavy (non-hydrogen) atoms. The van der Waals surface area contributed by atoms with Gasteiger partial charge in [0.05, 0.1) is 18.2 Å². The van der Waals surface area contributed by atoms with Crippen molar-refractivity contribution in [2.45, 2.75) is 0 Å². The molecule has 0 aliphatic rings. The van der Waals surface area contributed by atoms with E-state index >= 15 is 0 Å². The van der Waals surface area contributed by atoms with Gasteiger partial charge in [0, 0.05) is 16.8 Å². The third-order valence-corrected chi connectivity index (χ3v) is 3.25. The highest BCUT2D eigenvalue weighted by atomic mass is 35.5. The maximum Gasteiger partial charge on any atom is 0.256 e. The number of nitrogens with zero attached hydrogens (tertiary/aromatic N) is 1. The number of nitrogen functional groups attached to an aromatic ring is 1. The van der Waals surface area contributed by atoms with E-state index in [0.717, 1.165) is 0 Å². The number of ketones is 1. The summed E-state index contributed by atoms with van der Waals surface area (Å²) in [7, 11) is 1.41. The Hall–Kier alpha value is -2.11. The summed E-state index contributed by atoms with van der Waals surface area (Å²) in [5.41, 5.74) is 5.79. The summed E-state index contributed by atoms with van der Waals surface area (Å²) >= 11 is 11.3. The Labute approximate surface area is 130 Å². The van der Waals surface area contributed by atoms with Gasteiger partial charge in [-0.25, -0.2) is 4.98 Å². The standard InChI is InChI=1S/C14H10Cl2N2O3/c1-21-10-6-7(15)2-3-8(10)12(19)9-4-5-18-14(17)11(9)13(16)20/h2-6H,1H3,(H2,17,18). The van der Waals surface area contributed by atoms with E-state index in [0.29, 0.717) is 5.02 Å². The van der Waals surface area contributed by atoms with Crippen LogP contribution in [-0.4, -0.2) is 23.1 Å². The minimum Gasteiger partial charge on any atom is -0.496 e. The molecule has 2 N–H and O–H groups in total. The van der Waals surface area contributed by atoms with E-state index in [2.05, 4.69) is 4.98 Å².